The van der Waals surface area contributed by atoms with Gasteiger partial charge in [0.15, 0.2) is 11.2 Å². The fourth-order valence-electron chi connectivity index (χ4n) is 4.16. The highest BCUT2D eigenvalue weighted by Gasteiger charge is 2.18. The van der Waals surface area contributed by atoms with Crippen LogP contribution in [0.15, 0.2) is 39.5 Å². The van der Waals surface area contributed by atoms with Gasteiger partial charge in [0.25, 0.3) is 5.95 Å². The van der Waals surface area contributed by atoms with E-state index in [1.54, 1.807) is 31.4 Å². The maximum Gasteiger partial charge on any atom is 0.513 e. The zero-order valence-corrected chi connectivity index (χ0v) is 21.5. The summed E-state index contributed by atoms with van der Waals surface area (Å²) in [6.07, 6.45) is 1.90. The molecule has 0 bridgehead atoms. The molecule has 2 aromatic carbocycles. The second-order valence-corrected chi connectivity index (χ2v) is 8.45. The standard InChI is InChI=1S/C28H32O9/c1-5-8-20-23(12-10-18(17(3)29)26(20)33-4)34-14-7-15-35-24-13-11-19-22(30)16-25(37-28(31)32)36-27(19)21(24)9-6-2/h10-13,16H,5-9,14-15H2,1-4H3,(H,31,32). The molecule has 1 heterocycles. The van der Waals surface area contributed by atoms with Gasteiger partial charge >= 0.3 is 6.16 Å². The van der Waals surface area contributed by atoms with Crippen LogP contribution in [0.2, 0.25) is 0 Å². The van der Waals surface area contributed by atoms with Crippen LogP contribution < -0.4 is 24.4 Å². The molecule has 198 valence electrons. The van der Waals surface area contributed by atoms with Crippen LogP contribution >= 0.6 is 0 Å². The summed E-state index contributed by atoms with van der Waals surface area (Å²) in [7, 11) is 1.55. The maximum atomic E-state index is 12.4. The van der Waals surface area contributed by atoms with Gasteiger partial charge < -0.3 is 28.5 Å². The first-order valence-electron chi connectivity index (χ1n) is 12.3. The van der Waals surface area contributed by atoms with Crippen LogP contribution in [0.4, 0.5) is 4.79 Å². The van der Waals surface area contributed by atoms with Gasteiger partial charge in [-0.1, -0.05) is 26.7 Å². The molecule has 0 aliphatic heterocycles. The molecule has 0 spiro atoms. The van der Waals surface area contributed by atoms with Crippen molar-refractivity contribution in [3.8, 4) is 23.2 Å². The molecule has 0 unspecified atom stereocenters. The number of hydrogen-bond donors (Lipinski definition) is 1. The quantitative estimate of drug-likeness (QED) is 0.172. The first kappa shape index (κ1) is 27.6. The van der Waals surface area contributed by atoms with Gasteiger partial charge in [0.1, 0.15) is 22.8 Å². The first-order chi connectivity index (χ1) is 17.8. The Morgan fingerprint density at radius 3 is 2.16 bits per heavy atom. The van der Waals surface area contributed by atoms with Crippen molar-refractivity contribution in [1.82, 2.24) is 0 Å². The Morgan fingerprint density at radius 1 is 0.946 bits per heavy atom. The number of benzene rings is 2. The Morgan fingerprint density at radius 2 is 1.57 bits per heavy atom. The number of methoxy groups -OCH3 is 1. The molecule has 0 saturated heterocycles. The number of carbonyl (C=O) groups is 2. The van der Waals surface area contributed by atoms with Crippen molar-refractivity contribution in [2.75, 3.05) is 20.3 Å². The van der Waals surface area contributed by atoms with Gasteiger partial charge in [-0.05, 0) is 44.0 Å². The van der Waals surface area contributed by atoms with Crippen molar-refractivity contribution in [3.63, 3.8) is 0 Å². The third-order valence-corrected chi connectivity index (χ3v) is 5.73. The van der Waals surface area contributed by atoms with Crippen molar-refractivity contribution in [2.45, 2.75) is 52.9 Å². The second-order valence-electron chi connectivity index (χ2n) is 8.45. The first-order valence-corrected chi connectivity index (χ1v) is 12.3. The van der Waals surface area contributed by atoms with Crippen molar-refractivity contribution in [3.05, 3.63) is 57.2 Å². The number of carbonyl (C=O) groups excluding carboxylic acids is 1. The molecule has 0 radical (unpaired) electrons. The van der Waals surface area contributed by atoms with E-state index in [2.05, 4.69) is 4.74 Å². The van der Waals surface area contributed by atoms with Gasteiger partial charge in [-0.2, -0.15) is 0 Å². The third kappa shape index (κ3) is 6.61. The number of hydrogen-bond acceptors (Lipinski definition) is 8. The van der Waals surface area contributed by atoms with Crippen molar-refractivity contribution in [2.24, 2.45) is 0 Å². The summed E-state index contributed by atoms with van der Waals surface area (Å²) < 4.78 is 27.7. The lowest BCUT2D eigenvalue weighted by Gasteiger charge is -2.17. The second kappa shape index (κ2) is 12.8. The number of ether oxygens (including phenoxy) is 4. The molecule has 3 aromatic rings. The molecule has 0 atom stereocenters. The minimum atomic E-state index is -1.57. The zero-order valence-electron chi connectivity index (χ0n) is 21.5. The molecule has 0 fully saturated rings. The molecular formula is C28H32O9. The summed E-state index contributed by atoms with van der Waals surface area (Å²) in [5.41, 5.74) is 1.92. The molecule has 0 aliphatic carbocycles. The normalized spacial score (nSPS) is 10.8. The highest BCUT2D eigenvalue weighted by molar-refractivity contribution is 5.97. The van der Waals surface area contributed by atoms with Crippen molar-refractivity contribution in [1.29, 1.82) is 0 Å². The average molecular weight is 513 g/mol. The van der Waals surface area contributed by atoms with Gasteiger partial charge in [0.05, 0.1) is 37.3 Å². The van der Waals surface area contributed by atoms with E-state index < -0.39 is 11.6 Å². The lowest BCUT2D eigenvalue weighted by Crippen LogP contribution is -2.10. The third-order valence-electron chi connectivity index (χ3n) is 5.73. The fraction of sp³-hybridized carbons (Fsp3) is 0.393. The molecule has 3 rings (SSSR count). The molecule has 0 saturated carbocycles. The van der Waals surface area contributed by atoms with Crippen LogP contribution in [0.3, 0.4) is 0 Å². The van der Waals surface area contributed by atoms with E-state index >= 15 is 0 Å². The monoisotopic (exact) mass is 512 g/mol. The number of ketones is 1. The Kier molecular flexibility index (Phi) is 9.54. The Bertz CT molecular complexity index is 1320. The minimum absolute atomic E-state index is 0.0649. The summed E-state index contributed by atoms with van der Waals surface area (Å²) in [4.78, 5) is 35.3. The lowest BCUT2D eigenvalue weighted by molar-refractivity contribution is 0.101. The number of rotatable bonds is 13. The molecule has 0 amide bonds. The van der Waals surface area contributed by atoms with Gasteiger partial charge in [0.2, 0.25) is 0 Å². The highest BCUT2D eigenvalue weighted by atomic mass is 16.7. The topological polar surface area (TPSA) is 122 Å². The summed E-state index contributed by atoms with van der Waals surface area (Å²) in [5.74, 6) is 1.32. The SMILES string of the molecule is CCCc1c(OCCCOc2ccc3c(=O)cc(OC(=O)O)oc3c2CCC)ccc(C(C)=O)c1OC. The van der Waals surface area contributed by atoms with E-state index in [9.17, 15) is 14.4 Å². The highest BCUT2D eigenvalue weighted by Crippen LogP contribution is 2.34. The van der Waals surface area contributed by atoms with E-state index in [4.69, 9.17) is 23.7 Å². The van der Waals surface area contributed by atoms with Gasteiger partial charge in [-0.3, -0.25) is 9.59 Å². The predicted molar refractivity (Wildman–Crippen MR) is 138 cm³/mol. The molecule has 1 aromatic heterocycles. The van der Waals surface area contributed by atoms with Crippen LogP contribution in [-0.2, 0) is 12.8 Å². The maximum absolute atomic E-state index is 12.4. The number of carboxylic acid groups (broad SMARTS) is 1. The van der Waals surface area contributed by atoms with E-state index in [1.165, 1.54) is 6.92 Å². The van der Waals surface area contributed by atoms with Crippen molar-refractivity contribution < 1.29 is 38.1 Å². The Labute approximate surface area is 214 Å². The molecular weight excluding hydrogens is 480 g/mol. The average Bonchev–Trinajstić information content (AvgIpc) is 2.85. The van der Waals surface area contributed by atoms with Gasteiger partial charge in [-0.15, -0.1) is 0 Å². The zero-order chi connectivity index (χ0) is 26.9. The number of fused-ring (bicyclic) bond motifs is 1. The smallest absolute Gasteiger partial charge is 0.496 e. The molecule has 0 aliphatic rings. The fourth-order valence-corrected chi connectivity index (χ4v) is 4.16. The molecule has 9 heteroatoms. The molecule has 37 heavy (non-hydrogen) atoms. The van der Waals surface area contributed by atoms with Crippen LogP contribution in [0, 0.1) is 0 Å². The van der Waals surface area contributed by atoms with Crippen molar-refractivity contribution >= 4 is 22.9 Å². The lowest BCUT2D eigenvalue weighted by atomic mass is 10.0. The summed E-state index contributed by atoms with van der Waals surface area (Å²) >= 11 is 0. The van der Waals surface area contributed by atoms with Gasteiger partial charge in [-0.25, -0.2) is 4.79 Å². The molecule has 1 N–H and O–H groups in total. The van der Waals surface area contributed by atoms with E-state index in [-0.39, 0.29) is 17.3 Å². The Balaban J connectivity index is 1.74. The van der Waals surface area contributed by atoms with Crippen LogP contribution in [0.1, 0.15) is 61.5 Å². The van der Waals surface area contributed by atoms with Crippen LogP contribution in [-0.4, -0.2) is 37.4 Å². The van der Waals surface area contributed by atoms with E-state index in [1.807, 2.05) is 13.8 Å². The van der Waals surface area contributed by atoms with Crippen LogP contribution in [0.25, 0.3) is 11.0 Å². The Hall–Kier alpha value is -4.01. The largest absolute Gasteiger partial charge is 0.513 e. The molecule has 9 nitrogen and oxygen atoms in total. The number of aryl methyl sites for hydroxylation is 1. The minimum Gasteiger partial charge on any atom is -0.496 e. The van der Waals surface area contributed by atoms with E-state index in [0.29, 0.717) is 66.2 Å². The van der Waals surface area contributed by atoms with Gasteiger partial charge in [0, 0.05) is 17.5 Å². The van der Waals surface area contributed by atoms with E-state index in [0.717, 1.165) is 24.5 Å². The summed E-state index contributed by atoms with van der Waals surface area (Å²) in [6.45, 7) is 6.25. The summed E-state index contributed by atoms with van der Waals surface area (Å²) in [5, 5.41) is 9.20. The summed E-state index contributed by atoms with van der Waals surface area (Å²) in [6, 6.07) is 7.83. The predicted octanol–water partition coefficient (Wildman–Crippen LogP) is 5.81. The van der Waals surface area contributed by atoms with Crippen LogP contribution in [0.5, 0.6) is 23.2 Å². The number of Topliss-reactive ketones (excluding diaryl/α,β-unsaturated/α-hetero) is 1.